The van der Waals surface area contributed by atoms with E-state index in [0.29, 0.717) is 5.82 Å². The number of anilines is 1. The van der Waals surface area contributed by atoms with E-state index in [9.17, 15) is 0 Å². The van der Waals surface area contributed by atoms with Gasteiger partial charge in [0.05, 0.1) is 11.4 Å². The predicted molar refractivity (Wildman–Crippen MR) is 110 cm³/mol. The summed E-state index contributed by atoms with van der Waals surface area (Å²) in [5, 5.41) is 0. The Morgan fingerprint density at radius 1 is 0.679 bits per heavy atom. The minimum atomic E-state index is 0.623. The molecule has 0 spiro atoms. The lowest BCUT2D eigenvalue weighted by atomic mass is 10.00. The average Bonchev–Trinajstić information content (AvgIpc) is 2.79. The van der Waals surface area contributed by atoms with Crippen LogP contribution in [-0.4, -0.2) is 26.5 Å². The molecule has 0 aliphatic carbocycles. The van der Waals surface area contributed by atoms with Gasteiger partial charge in [-0.25, -0.2) is 9.97 Å². The predicted octanol–water partition coefficient (Wildman–Crippen LogP) is 4.16. The monoisotopic (exact) mass is 365 g/mol. The molecular formula is C23H19N5. The molecule has 3 aromatic heterocycles. The van der Waals surface area contributed by atoms with Gasteiger partial charge in [-0.3, -0.25) is 9.97 Å². The fourth-order valence-electron chi connectivity index (χ4n) is 3.54. The van der Waals surface area contributed by atoms with Crippen LogP contribution in [0.4, 0.5) is 5.82 Å². The van der Waals surface area contributed by atoms with Crippen molar-refractivity contribution in [3.05, 3.63) is 90.3 Å². The zero-order valence-electron chi connectivity index (χ0n) is 15.4. The maximum absolute atomic E-state index is 4.85. The highest BCUT2D eigenvalue weighted by molar-refractivity contribution is 5.64. The molecule has 1 aliphatic heterocycles. The van der Waals surface area contributed by atoms with Crippen LogP contribution in [0.2, 0.25) is 0 Å². The van der Waals surface area contributed by atoms with Crippen LogP contribution in [-0.2, 0) is 13.0 Å². The molecule has 5 rings (SSSR count). The highest BCUT2D eigenvalue weighted by Crippen LogP contribution is 2.28. The number of aromatic nitrogens is 4. The summed E-state index contributed by atoms with van der Waals surface area (Å²) in [7, 11) is 0. The van der Waals surface area contributed by atoms with Gasteiger partial charge in [0.25, 0.3) is 0 Å². The van der Waals surface area contributed by atoms with E-state index in [1.165, 1.54) is 11.1 Å². The van der Waals surface area contributed by atoms with Crippen LogP contribution < -0.4 is 4.90 Å². The standard InChI is InChI=1S/C23H19N5/c1-2-8-18-16-28(14-11-17(18)7-1)22-15-21(19-9-3-5-12-24-19)26-23(27-22)20-10-4-6-13-25-20/h1-10,12-13,15H,11,14,16H2. The second-order valence-corrected chi connectivity index (χ2v) is 6.81. The fraction of sp³-hybridized carbons (Fsp3) is 0.130. The number of fused-ring (bicyclic) bond motifs is 1. The molecule has 0 atom stereocenters. The van der Waals surface area contributed by atoms with Crippen LogP contribution >= 0.6 is 0 Å². The third-order valence-electron chi connectivity index (χ3n) is 4.99. The van der Waals surface area contributed by atoms with Gasteiger partial charge in [-0.2, -0.15) is 0 Å². The van der Waals surface area contributed by atoms with Crippen molar-refractivity contribution in [1.29, 1.82) is 0 Å². The summed E-state index contributed by atoms with van der Waals surface area (Å²) in [5.74, 6) is 1.53. The first-order valence-electron chi connectivity index (χ1n) is 9.40. The number of benzene rings is 1. The van der Waals surface area contributed by atoms with Crippen LogP contribution in [0.25, 0.3) is 22.9 Å². The van der Waals surface area contributed by atoms with Crippen LogP contribution in [0, 0.1) is 0 Å². The molecule has 0 N–H and O–H groups in total. The van der Waals surface area contributed by atoms with Crippen molar-refractivity contribution in [2.45, 2.75) is 13.0 Å². The van der Waals surface area contributed by atoms with Crippen molar-refractivity contribution in [3.63, 3.8) is 0 Å². The molecule has 28 heavy (non-hydrogen) atoms. The van der Waals surface area contributed by atoms with Gasteiger partial charge in [-0.1, -0.05) is 36.4 Å². The Bertz CT molecular complexity index is 1040. The Morgan fingerprint density at radius 2 is 1.39 bits per heavy atom. The quantitative estimate of drug-likeness (QED) is 0.546. The van der Waals surface area contributed by atoms with Crippen LogP contribution in [0.3, 0.4) is 0 Å². The second-order valence-electron chi connectivity index (χ2n) is 6.81. The van der Waals surface area contributed by atoms with E-state index in [0.717, 1.165) is 42.4 Å². The maximum atomic E-state index is 4.85. The third kappa shape index (κ3) is 3.22. The molecule has 0 saturated carbocycles. The largest absolute Gasteiger partial charge is 0.352 e. The van der Waals surface area contributed by atoms with E-state index < -0.39 is 0 Å². The number of rotatable bonds is 3. The van der Waals surface area contributed by atoms with Gasteiger partial charge in [0, 0.05) is 31.5 Å². The lowest BCUT2D eigenvalue weighted by Gasteiger charge is -2.30. The molecule has 1 aliphatic rings. The summed E-state index contributed by atoms with van der Waals surface area (Å²) >= 11 is 0. The van der Waals surface area contributed by atoms with Gasteiger partial charge in [0.1, 0.15) is 11.5 Å². The van der Waals surface area contributed by atoms with Crippen molar-refractivity contribution >= 4 is 5.82 Å². The molecule has 0 saturated heterocycles. The SMILES string of the molecule is c1ccc(-c2cc(N3CCc4ccccc4C3)nc(-c3ccccn3)n2)nc1. The summed E-state index contributed by atoms with van der Waals surface area (Å²) < 4.78 is 0. The number of nitrogens with zero attached hydrogens (tertiary/aromatic N) is 5. The van der Waals surface area contributed by atoms with Crippen molar-refractivity contribution in [3.8, 4) is 22.9 Å². The topological polar surface area (TPSA) is 54.8 Å². The second kappa shape index (κ2) is 7.19. The van der Waals surface area contributed by atoms with E-state index in [4.69, 9.17) is 9.97 Å². The van der Waals surface area contributed by atoms with Gasteiger partial charge in [0.2, 0.25) is 0 Å². The molecule has 0 bridgehead atoms. The highest BCUT2D eigenvalue weighted by atomic mass is 15.2. The summed E-state index contributed by atoms with van der Waals surface area (Å²) in [6.07, 6.45) is 4.57. The molecule has 136 valence electrons. The van der Waals surface area contributed by atoms with Crippen molar-refractivity contribution in [2.24, 2.45) is 0 Å². The lowest BCUT2D eigenvalue weighted by Crippen LogP contribution is -2.31. The summed E-state index contributed by atoms with van der Waals surface area (Å²) in [5.41, 5.74) is 5.18. The first-order chi connectivity index (χ1) is 13.9. The lowest BCUT2D eigenvalue weighted by molar-refractivity contribution is 0.720. The Balaban J connectivity index is 1.59. The molecule has 0 fully saturated rings. The molecule has 0 radical (unpaired) electrons. The van der Waals surface area contributed by atoms with Crippen molar-refractivity contribution in [1.82, 2.24) is 19.9 Å². The molecule has 0 unspecified atom stereocenters. The van der Waals surface area contributed by atoms with Gasteiger partial charge in [-0.05, 0) is 41.8 Å². The van der Waals surface area contributed by atoms with Crippen LogP contribution in [0.15, 0.2) is 79.1 Å². The van der Waals surface area contributed by atoms with Gasteiger partial charge < -0.3 is 4.90 Å². The zero-order chi connectivity index (χ0) is 18.8. The molecule has 1 aromatic carbocycles. The first kappa shape index (κ1) is 16.6. The van der Waals surface area contributed by atoms with Gasteiger partial charge in [0.15, 0.2) is 5.82 Å². The molecule has 4 aromatic rings. The first-order valence-corrected chi connectivity index (χ1v) is 9.40. The zero-order valence-corrected chi connectivity index (χ0v) is 15.4. The molecule has 0 amide bonds. The summed E-state index contributed by atoms with van der Waals surface area (Å²) in [6, 6.07) is 22.3. The van der Waals surface area contributed by atoms with Gasteiger partial charge >= 0.3 is 0 Å². The van der Waals surface area contributed by atoms with Crippen molar-refractivity contribution in [2.75, 3.05) is 11.4 Å². The Kier molecular flexibility index (Phi) is 4.26. The van der Waals surface area contributed by atoms with E-state index in [-0.39, 0.29) is 0 Å². The minimum absolute atomic E-state index is 0.623. The molecule has 5 nitrogen and oxygen atoms in total. The van der Waals surface area contributed by atoms with E-state index in [1.54, 1.807) is 12.4 Å². The highest BCUT2D eigenvalue weighted by Gasteiger charge is 2.19. The third-order valence-corrected chi connectivity index (χ3v) is 4.99. The van der Waals surface area contributed by atoms with Crippen molar-refractivity contribution < 1.29 is 0 Å². The Morgan fingerprint density at radius 3 is 2.14 bits per heavy atom. The van der Waals surface area contributed by atoms with E-state index in [1.807, 2.05) is 42.5 Å². The Hall–Kier alpha value is -3.60. The Labute approximate surface area is 163 Å². The number of hydrogen-bond donors (Lipinski definition) is 0. The number of hydrogen-bond acceptors (Lipinski definition) is 5. The van der Waals surface area contributed by atoms with Gasteiger partial charge in [-0.15, -0.1) is 0 Å². The smallest absolute Gasteiger partial charge is 0.180 e. The van der Waals surface area contributed by atoms with E-state index in [2.05, 4.69) is 39.1 Å². The molecule has 5 heteroatoms. The molecule has 4 heterocycles. The summed E-state index contributed by atoms with van der Waals surface area (Å²) in [4.78, 5) is 20.8. The molecular weight excluding hydrogens is 346 g/mol. The van der Waals surface area contributed by atoms with Crippen LogP contribution in [0.1, 0.15) is 11.1 Å². The summed E-state index contributed by atoms with van der Waals surface area (Å²) in [6.45, 7) is 1.77. The van der Waals surface area contributed by atoms with E-state index >= 15 is 0 Å². The maximum Gasteiger partial charge on any atom is 0.180 e. The normalized spacial score (nSPS) is 13.2. The number of pyridine rings is 2. The minimum Gasteiger partial charge on any atom is -0.352 e. The fourth-order valence-corrected chi connectivity index (χ4v) is 3.54. The average molecular weight is 365 g/mol. The van der Waals surface area contributed by atoms with Crippen LogP contribution in [0.5, 0.6) is 0 Å².